The molecule has 0 unspecified atom stereocenters. The second-order valence-electron chi connectivity index (χ2n) is 4.91. The van der Waals surface area contributed by atoms with Crippen LogP contribution in [-0.2, 0) is 17.1 Å². The lowest BCUT2D eigenvalue weighted by molar-refractivity contribution is 0.596. The molecule has 1 heterocycles. The van der Waals surface area contributed by atoms with Crippen LogP contribution in [0.2, 0.25) is 5.02 Å². The van der Waals surface area contributed by atoms with Crippen molar-refractivity contribution < 1.29 is 8.42 Å². The molecular weight excluding hydrogens is 340 g/mol. The number of aryl methyl sites for hydroxylation is 2. The van der Waals surface area contributed by atoms with E-state index in [9.17, 15) is 8.42 Å². The molecule has 4 nitrogen and oxygen atoms in total. The molecule has 0 aliphatic rings. The summed E-state index contributed by atoms with van der Waals surface area (Å²) in [5, 5.41) is 0.574. The molecule has 0 amide bonds. The van der Waals surface area contributed by atoms with Gasteiger partial charge in [-0.05, 0) is 31.2 Å². The quantitative estimate of drug-likeness (QED) is 0.708. The highest BCUT2D eigenvalue weighted by Gasteiger charge is 2.14. The molecule has 0 saturated heterocycles. The molecule has 114 valence electrons. The molecule has 7 heteroatoms. The molecule has 0 aliphatic heterocycles. The van der Waals surface area contributed by atoms with E-state index in [2.05, 4.69) is 4.40 Å². The number of nitrogens with zero attached hydrogens (tertiary/aromatic N) is 2. The highest BCUT2D eigenvalue weighted by atomic mass is 35.5. The molecule has 0 atom stereocenters. The zero-order valence-corrected chi connectivity index (χ0v) is 14.3. The van der Waals surface area contributed by atoms with Crippen molar-refractivity contribution in [1.82, 2.24) is 4.57 Å². The molecule has 3 aromatic rings. The Morgan fingerprint density at radius 2 is 1.82 bits per heavy atom. The van der Waals surface area contributed by atoms with Gasteiger partial charge in [-0.15, -0.1) is 4.40 Å². The summed E-state index contributed by atoms with van der Waals surface area (Å²) < 4.78 is 31.4. The Labute approximate surface area is 137 Å². The van der Waals surface area contributed by atoms with Gasteiger partial charge in [0, 0.05) is 7.05 Å². The number of sulfonamides is 1. The molecule has 2 aromatic carbocycles. The summed E-state index contributed by atoms with van der Waals surface area (Å²) in [5.41, 5.74) is 1.78. The van der Waals surface area contributed by atoms with Crippen molar-refractivity contribution in [1.29, 1.82) is 0 Å². The van der Waals surface area contributed by atoms with Crippen LogP contribution in [0, 0.1) is 6.92 Å². The van der Waals surface area contributed by atoms with Crippen molar-refractivity contribution in [3.8, 4) is 0 Å². The lowest BCUT2D eigenvalue weighted by Crippen LogP contribution is -2.13. The van der Waals surface area contributed by atoms with Gasteiger partial charge < -0.3 is 4.57 Å². The van der Waals surface area contributed by atoms with Crippen molar-refractivity contribution in [2.24, 2.45) is 11.4 Å². The monoisotopic (exact) mass is 352 g/mol. The van der Waals surface area contributed by atoms with E-state index in [1.165, 1.54) is 11.3 Å². The molecule has 0 bridgehead atoms. The Bertz CT molecular complexity index is 1020. The smallest absolute Gasteiger partial charge is 0.285 e. The van der Waals surface area contributed by atoms with Crippen LogP contribution in [0.3, 0.4) is 0 Å². The van der Waals surface area contributed by atoms with Crippen LogP contribution in [0.1, 0.15) is 5.56 Å². The number of benzene rings is 2. The van der Waals surface area contributed by atoms with Crippen LogP contribution in [0.25, 0.3) is 10.2 Å². The first-order valence-corrected chi connectivity index (χ1v) is 9.14. The summed E-state index contributed by atoms with van der Waals surface area (Å²) in [6.07, 6.45) is 0. The Hall–Kier alpha value is -1.63. The number of rotatable bonds is 2. The van der Waals surface area contributed by atoms with Crippen molar-refractivity contribution >= 4 is 43.2 Å². The Balaban J connectivity index is 2.22. The van der Waals surface area contributed by atoms with Gasteiger partial charge in [-0.3, -0.25) is 0 Å². The minimum absolute atomic E-state index is 0.182. The number of halogens is 1. The topological polar surface area (TPSA) is 51.4 Å². The maximum atomic E-state index is 12.4. The second-order valence-corrected chi connectivity index (χ2v) is 7.93. The van der Waals surface area contributed by atoms with Gasteiger partial charge in [-0.2, -0.15) is 8.42 Å². The van der Waals surface area contributed by atoms with E-state index in [1.807, 2.05) is 19.1 Å². The van der Waals surface area contributed by atoms with Crippen molar-refractivity contribution in [2.45, 2.75) is 11.8 Å². The lowest BCUT2D eigenvalue weighted by atomic mass is 10.2. The van der Waals surface area contributed by atoms with Gasteiger partial charge in [-0.25, -0.2) is 0 Å². The molecular formula is C15H13ClN2O2S2. The zero-order valence-electron chi connectivity index (χ0n) is 11.9. The van der Waals surface area contributed by atoms with Crippen LogP contribution in [0.15, 0.2) is 51.8 Å². The van der Waals surface area contributed by atoms with Gasteiger partial charge in [0.15, 0.2) is 0 Å². The largest absolute Gasteiger partial charge is 0.318 e. The van der Waals surface area contributed by atoms with E-state index in [1.54, 1.807) is 41.9 Å². The third-order valence-electron chi connectivity index (χ3n) is 3.29. The van der Waals surface area contributed by atoms with E-state index < -0.39 is 10.0 Å². The highest BCUT2D eigenvalue weighted by molar-refractivity contribution is 7.90. The Morgan fingerprint density at radius 1 is 1.14 bits per heavy atom. The third-order valence-corrected chi connectivity index (χ3v) is 6.09. The van der Waals surface area contributed by atoms with Crippen molar-refractivity contribution in [2.75, 3.05) is 0 Å². The van der Waals surface area contributed by atoms with Crippen molar-refractivity contribution in [3.63, 3.8) is 0 Å². The van der Waals surface area contributed by atoms with Crippen LogP contribution in [0.4, 0.5) is 0 Å². The summed E-state index contributed by atoms with van der Waals surface area (Å²) in [6, 6.07) is 12.1. The number of aromatic nitrogens is 1. The van der Waals surface area contributed by atoms with Crippen LogP contribution in [0.5, 0.6) is 0 Å². The second kappa shape index (κ2) is 5.53. The summed E-state index contributed by atoms with van der Waals surface area (Å²) in [6.45, 7) is 1.90. The molecule has 0 saturated carbocycles. The molecule has 0 spiro atoms. The fourth-order valence-corrected chi connectivity index (χ4v) is 4.74. The summed E-state index contributed by atoms with van der Waals surface area (Å²) in [5.74, 6) is 0. The fraction of sp³-hybridized carbons (Fsp3) is 0.133. The maximum Gasteiger partial charge on any atom is 0.285 e. The van der Waals surface area contributed by atoms with Crippen LogP contribution >= 0.6 is 22.9 Å². The van der Waals surface area contributed by atoms with Gasteiger partial charge in [-0.1, -0.05) is 46.7 Å². The number of para-hydroxylation sites is 1. The van der Waals surface area contributed by atoms with E-state index in [0.29, 0.717) is 9.82 Å². The first kappa shape index (κ1) is 15.3. The number of fused-ring (bicyclic) bond motifs is 1. The van der Waals surface area contributed by atoms with E-state index in [-0.39, 0.29) is 4.90 Å². The standard InChI is InChI=1S/C15H13ClN2O2S2/c1-10-6-8-11(9-7-10)22(19,20)17-15-18(2)14-12(16)4-3-5-13(14)21-15/h3-9H,1-2H3/b17-15-. The van der Waals surface area contributed by atoms with Gasteiger partial charge in [0.25, 0.3) is 10.0 Å². The molecule has 22 heavy (non-hydrogen) atoms. The fourth-order valence-electron chi connectivity index (χ4n) is 2.11. The molecule has 3 rings (SSSR count). The third kappa shape index (κ3) is 2.69. The maximum absolute atomic E-state index is 12.4. The van der Waals surface area contributed by atoms with E-state index in [0.717, 1.165) is 15.8 Å². The van der Waals surface area contributed by atoms with Crippen molar-refractivity contribution in [3.05, 3.63) is 57.9 Å². The predicted molar refractivity (Wildman–Crippen MR) is 89.7 cm³/mol. The summed E-state index contributed by atoms with van der Waals surface area (Å²) >= 11 is 7.47. The van der Waals surface area contributed by atoms with E-state index in [4.69, 9.17) is 11.6 Å². The van der Waals surface area contributed by atoms with Gasteiger partial charge in [0.2, 0.25) is 4.80 Å². The Kier molecular flexibility index (Phi) is 3.84. The van der Waals surface area contributed by atoms with Crippen LogP contribution in [-0.4, -0.2) is 13.0 Å². The minimum atomic E-state index is -3.74. The normalized spacial score (nSPS) is 13.0. The highest BCUT2D eigenvalue weighted by Crippen LogP contribution is 2.24. The lowest BCUT2D eigenvalue weighted by Gasteiger charge is -2.00. The molecule has 0 fully saturated rings. The average Bonchev–Trinajstić information content (AvgIpc) is 2.76. The summed E-state index contributed by atoms with van der Waals surface area (Å²) in [7, 11) is -1.98. The number of hydrogen-bond acceptors (Lipinski definition) is 3. The predicted octanol–water partition coefficient (Wildman–Crippen LogP) is 3.49. The summed E-state index contributed by atoms with van der Waals surface area (Å²) in [4.78, 5) is 0.574. The first-order valence-electron chi connectivity index (χ1n) is 6.50. The average molecular weight is 353 g/mol. The van der Waals surface area contributed by atoms with Crippen LogP contribution < -0.4 is 4.80 Å². The molecule has 0 N–H and O–H groups in total. The SMILES string of the molecule is Cc1ccc(S(=O)(=O)/N=c2\sc3cccc(Cl)c3n2C)cc1. The van der Waals surface area contributed by atoms with Gasteiger partial charge >= 0.3 is 0 Å². The first-order chi connectivity index (χ1) is 10.4. The molecule has 1 aromatic heterocycles. The Morgan fingerprint density at radius 3 is 2.45 bits per heavy atom. The number of hydrogen-bond donors (Lipinski definition) is 0. The van der Waals surface area contributed by atoms with Gasteiger partial charge in [0.1, 0.15) is 0 Å². The minimum Gasteiger partial charge on any atom is -0.318 e. The molecule has 0 aliphatic carbocycles. The van der Waals surface area contributed by atoms with E-state index >= 15 is 0 Å². The van der Waals surface area contributed by atoms with Gasteiger partial charge in [0.05, 0.1) is 20.1 Å². The zero-order chi connectivity index (χ0) is 15.9. The molecule has 0 radical (unpaired) electrons. The number of thiazole rings is 1.